The molecule has 0 aromatic heterocycles. The third-order valence-corrected chi connectivity index (χ3v) is 3.92. The topological polar surface area (TPSA) is 72.2 Å². The summed E-state index contributed by atoms with van der Waals surface area (Å²) in [4.78, 5) is 23.4. The summed E-state index contributed by atoms with van der Waals surface area (Å²) in [6.45, 7) is 2.14. The summed E-state index contributed by atoms with van der Waals surface area (Å²) in [5, 5.41) is 2.47. The molecule has 0 saturated carbocycles. The van der Waals surface area contributed by atoms with Crippen molar-refractivity contribution in [3.8, 4) is 0 Å². The SMILES string of the molecule is CCCCCCCC[C@H](NC(=O)Cc1c(F)cccc1F)C(N)=O. The summed E-state index contributed by atoms with van der Waals surface area (Å²) in [5.74, 6) is -2.81. The van der Waals surface area contributed by atoms with Crippen LogP contribution < -0.4 is 11.1 Å². The van der Waals surface area contributed by atoms with Crippen LogP contribution in [0, 0.1) is 11.6 Å². The molecule has 0 aliphatic rings. The van der Waals surface area contributed by atoms with Gasteiger partial charge < -0.3 is 11.1 Å². The Morgan fingerprint density at radius 2 is 1.67 bits per heavy atom. The summed E-state index contributed by atoms with van der Waals surface area (Å²) in [6.07, 6.45) is 6.28. The van der Waals surface area contributed by atoms with Gasteiger partial charge in [0.05, 0.1) is 6.42 Å². The van der Waals surface area contributed by atoms with Gasteiger partial charge in [-0.3, -0.25) is 9.59 Å². The van der Waals surface area contributed by atoms with Crippen molar-refractivity contribution in [2.45, 2.75) is 64.3 Å². The zero-order chi connectivity index (χ0) is 17.9. The maximum absolute atomic E-state index is 13.5. The normalized spacial score (nSPS) is 12.0. The van der Waals surface area contributed by atoms with Gasteiger partial charge in [-0.25, -0.2) is 8.78 Å². The van der Waals surface area contributed by atoms with E-state index in [-0.39, 0.29) is 5.56 Å². The summed E-state index contributed by atoms with van der Waals surface area (Å²) >= 11 is 0. The lowest BCUT2D eigenvalue weighted by atomic mass is 10.0. The largest absolute Gasteiger partial charge is 0.368 e. The third-order valence-electron chi connectivity index (χ3n) is 3.92. The first-order chi connectivity index (χ1) is 11.5. The van der Waals surface area contributed by atoms with Crippen molar-refractivity contribution >= 4 is 11.8 Å². The smallest absolute Gasteiger partial charge is 0.239 e. The number of nitrogens with one attached hydrogen (secondary N) is 1. The van der Waals surface area contributed by atoms with E-state index in [0.717, 1.165) is 44.2 Å². The highest BCUT2D eigenvalue weighted by Gasteiger charge is 2.19. The Bertz CT molecular complexity index is 530. The summed E-state index contributed by atoms with van der Waals surface area (Å²) in [7, 11) is 0. The van der Waals surface area contributed by atoms with Gasteiger partial charge in [-0.05, 0) is 18.6 Å². The number of hydrogen-bond donors (Lipinski definition) is 2. The van der Waals surface area contributed by atoms with Crippen molar-refractivity contribution in [1.29, 1.82) is 0 Å². The van der Waals surface area contributed by atoms with Crippen LogP contribution in [0.2, 0.25) is 0 Å². The number of hydrogen-bond acceptors (Lipinski definition) is 2. The van der Waals surface area contributed by atoms with Crippen LogP contribution >= 0.6 is 0 Å². The molecule has 4 nitrogen and oxygen atoms in total. The molecule has 0 fully saturated rings. The molecule has 3 N–H and O–H groups in total. The van der Waals surface area contributed by atoms with Crippen LogP contribution in [-0.4, -0.2) is 17.9 Å². The molecule has 0 unspecified atom stereocenters. The average molecular weight is 340 g/mol. The van der Waals surface area contributed by atoms with Gasteiger partial charge in [0.25, 0.3) is 0 Å². The molecule has 1 aromatic carbocycles. The minimum atomic E-state index is -0.807. The number of unbranched alkanes of at least 4 members (excludes halogenated alkanes) is 5. The number of nitrogens with two attached hydrogens (primary N) is 1. The molecule has 0 aliphatic carbocycles. The van der Waals surface area contributed by atoms with Crippen LogP contribution in [0.3, 0.4) is 0 Å². The maximum atomic E-state index is 13.5. The molecule has 2 amide bonds. The van der Waals surface area contributed by atoms with Crippen LogP contribution in [0.4, 0.5) is 8.78 Å². The molecule has 134 valence electrons. The zero-order valence-electron chi connectivity index (χ0n) is 14.1. The Balaban J connectivity index is 2.47. The molecule has 0 spiro atoms. The first-order valence-electron chi connectivity index (χ1n) is 8.47. The van der Waals surface area contributed by atoms with Gasteiger partial charge in [0, 0.05) is 5.56 Å². The molecule has 0 saturated heterocycles. The monoisotopic (exact) mass is 340 g/mol. The second-order valence-electron chi connectivity index (χ2n) is 5.96. The lowest BCUT2D eigenvalue weighted by molar-refractivity contribution is -0.127. The van der Waals surface area contributed by atoms with Gasteiger partial charge in [-0.15, -0.1) is 0 Å². The Labute approximate surface area is 141 Å². The summed E-state index contributed by atoms with van der Waals surface area (Å²) < 4.78 is 27.1. The van der Waals surface area contributed by atoms with Crippen LogP contribution in [0.15, 0.2) is 18.2 Å². The van der Waals surface area contributed by atoms with Crippen molar-refractivity contribution in [2.75, 3.05) is 0 Å². The maximum Gasteiger partial charge on any atom is 0.239 e. The van der Waals surface area contributed by atoms with Gasteiger partial charge >= 0.3 is 0 Å². The molecule has 0 aliphatic heterocycles. The zero-order valence-corrected chi connectivity index (χ0v) is 14.1. The molecule has 0 radical (unpaired) electrons. The predicted octanol–water partition coefficient (Wildman–Crippen LogP) is 3.23. The van der Waals surface area contributed by atoms with Gasteiger partial charge in [-0.2, -0.15) is 0 Å². The highest BCUT2D eigenvalue weighted by Crippen LogP contribution is 2.13. The van der Waals surface area contributed by atoms with E-state index >= 15 is 0 Å². The standard InChI is InChI=1S/C18H26F2N2O2/c1-2-3-4-5-6-7-11-16(18(21)24)22-17(23)12-13-14(19)9-8-10-15(13)20/h8-10,16H,2-7,11-12H2,1H3,(H2,21,24)(H,22,23)/t16-/m0/s1. The van der Waals surface area contributed by atoms with Crippen LogP contribution in [0.25, 0.3) is 0 Å². The first-order valence-corrected chi connectivity index (χ1v) is 8.47. The molecule has 1 atom stereocenters. The van der Waals surface area contributed by atoms with E-state index in [1.807, 2.05) is 0 Å². The molecular formula is C18H26F2N2O2. The fraction of sp³-hybridized carbons (Fsp3) is 0.556. The Hall–Kier alpha value is -1.98. The second kappa shape index (κ2) is 10.7. The number of benzene rings is 1. The number of carbonyl (C=O) groups is 2. The van der Waals surface area contributed by atoms with Gasteiger partial charge in [0.2, 0.25) is 11.8 Å². The quantitative estimate of drug-likeness (QED) is 0.607. The highest BCUT2D eigenvalue weighted by atomic mass is 19.1. The Kier molecular flexibility index (Phi) is 8.97. The number of amides is 2. The van der Waals surface area contributed by atoms with E-state index in [9.17, 15) is 18.4 Å². The number of primary amides is 1. The highest BCUT2D eigenvalue weighted by molar-refractivity contribution is 5.87. The van der Waals surface area contributed by atoms with Crippen LogP contribution in [0.1, 0.15) is 57.4 Å². The molecular weight excluding hydrogens is 314 g/mol. The van der Waals surface area contributed by atoms with Crippen molar-refractivity contribution in [2.24, 2.45) is 5.73 Å². The predicted molar refractivity (Wildman–Crippen MR) is 89.2 cm³/mol. The van der Waals surface area contributed by atoms with Gasteiger partial charge in [-0.1, -0.05) is 51.5 Å². The van der Waals surface area contributed by atoms with Gasteiger partial charge in [0.1, 0.15) is 17.7 Å². The minimum absolute atomic E-state index is 0.308. The third kappa shape index (κ3) is 7.06. The lowest BCUT2D eigenvalue weighted by Gasteiger charge is -2.15. The first kappa shape index (κ1) is 20.1. The van der Waals surface area contributed by atoms with Crippen molar-refractivity contribution in [3.63, 3.8) is 0 Å². The Morgan fingerprint density at radius 1 is 1.08 bits per heavy atom. The molecule has 1 aromatic rings. The molecule has 0 bridgehead atoms. The van der Waals surface area contributed by atoms with Gasteiger partial charge in [0.15, 0.2) is 0 Å². The lowest BCUT2D eigenvalue weighted by Crippen LogP contribution is -2.45. The molecule has 24 heavy (non-hydrogen) atoms. The van der Waals surface area contributed by atoms with E-state index in [4.69, 9.17) is 5.73 Å². The second-order valence-corrected chi connectivity index (χ2v) is 5.96. The van der Waals surface area contributed by atoms with Crippen molar-refractivity contribution in [3.05, 3.63) is 35.4 Å². The van der Waals surface area contributed by atoms with E-state index < -0.39 is 35.9 Å². The average Bonchev–Trinajstić information content (AvgIpc) is 2.53. The van der Waals surface area contributed by atoms with Crippen LogP contribution in [0.5, 0.6) is 0 Å². The van der Waals surface area contributed by atoms with Crippen molar-refractivity contribution < 1.29 is 18.4 Å². The summed E-state index contributed by atoms with van der Waals surface area (Å²) in [6, 6.07) is 2.61. The number of halogens is 2. The number of carbonyl (C=O) groups excluding carboxylic acids is 2. The number of rotatable bonds is 11. The fourth-order valence-corrected chi connectivity index (χ4v) is 2.52. The molecule has 6 heteroatoms. The summed E-state index contributed by atoms with van der Waals surface area (Å²) in [5.41, 5.74) is 4.99. The van der Waals surface area contributed by atoms with Crippen molar-refractivity contribution in [1.82, 2.24) is 5.32 Å². The van der Waals surface area contributed by atoms with E-state index in [0.29, 0.717) is 6.42 Å². The van der Waals surface area contributed by atoms with E-state index in [2.05, 4.69) is 12.2 Å². The Morgan fingerprint density at radius 3 is 2.25 bits per heavy atom. The van der Waals surface area contributed by atoms with Crippen LogP contribution in [-0.2, 0) is 16.0 Å². The molecule has 0 heterocycles. The fourth-order valence-electron chi connectivity index (χ4n) is 2.52. The van der Waals surface area contributed by atoms with E-state index in [1.54, 1.807) is 0 Å². The minimum Gasteiger partial charge on any atom is -0.368 e. The van der Waals surface area contributed by atoms with E-state index in [1.165, 1.54) is 12.5 Å². The molecule has 1 rings (SSSR count).